The summed E-state index contributed by atoms with van der Waals surface area (Å²) < 4.78 is 41.0. The second kappa shape index (κ2) is 5.37. The van der Waals surface area contributed by atoms with Gasteiger partial charge in [0.15, 0.2) is 0 Å². The summed E-state index contributed by atoms with van der Waals surface area (Å²) in [6.07, 6.45) is 0. The van der Waals surface area contributed by atoms with Gasteiger partial charge in [-0.15, -0.1) is 0 Å². The van der Waals surface area contributed by atoms with Crippen molar-refractivity contribution in [3.63, 3.8) is 0 Å². The molecule has 0 atom stereocenters. The monoisotopic (exact) mass is 308 g/mol. The van der Waals surface area contributed by atoms with Gasteiger partial charge in [0.25, 0.3) is 10.0 Å². The molecule has 0 aliphatic heterocycles. The number of anilines is 2. The number of nitrogens with two attached hydrogens (primary N) is 1. The molecule has 21 heavy (non-hydrogen) atoms. The van der Waals surface area contributed by atoms with Crippen molar-refractivity contribution in [2.75, 3.05) is 10.5 Å². The summed E-state index contributed by atoms with van der Waals surface area (Å²) in [5.41, 5.74) is 7.94. The molecule has 2 rings (SSSR count). The zero-order valence-corrected chi connectivity index (χ0v) is 12.9. The first-order valence-electron chi connectivity index (χ1n) is 6.37. The van der Waals surface area contributed by atoms with Crippen LogP contribution in [0.1, 0.15) is 16.7 Å². The third-order valence-corrected chi connectivity index (χ3v) is 4.91. The maximum atomic E-state index is 13.7. The summed E-state index contributed by atoms with van der Waals surface area (Å²) in [4.78, 5) is -0.0107. The third kappa shape index (κ3) is 3.00. The predicted octanol–water partition coefficient (Wildman–Crippen LogP) is 3.13. The van der Waals surface area contributed by atoms with Crippen LogP contribution in [0.2, 0.25) is 0 Å². The minimum absolute atomic E-state index is 0.0107. The summed E-state index contributed by atoms with van der Waals surface area (Å²) in [5.74, 6) is -0.631. The molecule has 0 aliphatic carbocycles. The Morgan fingerprint density at radius 1 is 1.10 bits per heavy atom. The topological polar surface area (TPSA) is 72.2 Å². The summed E-state index contributed by atoms with van der Waals surface area (Å²) >= 11 is 0. The lowest BCUT2D eigenvalue weighted by Crippen LogP contribution is -2.17. The van der Waals surface area contributed by atoms with Gasteiger partial charge in [-0.25, -0.2) is 12.8 Å². The summed E-state index contributed by atoms with van der Waals surface area (Å²) in [5, 5.41) is 0. The van der Waals surface area contributed by atoms with Crippen molar-refractivity contribution >= 4 is 21.4 Å². The van der Waals surface area contributed by atoms with Gasteiger partial charge in [-0.05, 0) is 55.7 Å². The molecule has 0 amide bonds. The second-order valence-electron chi connectivity index (χ2n) is 5.01. The Labute approximate surface area is 123 Å². The molecule has 112 valence electrons. The van der Waals surface area contributed by atoms with Crippen molar-refractivity contribution in [1.29, 1.82) is 0 Å². The van der Waals surface area contributed by atoms with Crippen molar-refractivity contribution in [1.82, 2.24) is 0 Å². The highest BCUT2D eigenvalue weighted by Crippen LogP contribution is 2.28. The van der Waals surface area contributed by atoms with Gasteiger partial charge in [-0.1, -0.05) is 12.1 Å². The minimum atomic E-state index is -3.95. The van der Waals surface area contributed by atoms with E-state index in [4.69, 9.17) is 5.73 Å². The maximum absolute atomic E-state index is 13.7. The van der Waals surface area contributed by atoms with Crippen LogP contribution in [0.15, 0.2) is 35.2 Å². The van der Waals surface area contributed by atoms with Crippen molar-refractivity contribution in [3.05, 3.63) is 52.8 Å². The van der Waals surface area contributed by atoms with Crippen molar-refractivity contribution in [2.24, 2.45) is 0 Å². The van der Waals surface area contributed by atoms with Gasteiger partial charge in [0.2, 0.25) is 0 Å². The van der Waals surface area contributed by atoms with Crippen LogP contribution in [0.25, 0.3) is 0 Å². The lowest BCUT2D eigenvalue weighted by molar-refractivity contribution is 0.598. The Kier molecular flexibility index (Phi) is 3.91. The van der Waals surface area contributed by atoms with Crippen LogP contribution < -0.4 is 10.5 Å². The lowest BCUT2D eigenvalue weighted by Gasteiger charge is -2.15. The number of rotatable bonds is 3. The Balaban J connectivity index is 2.54. The van der Waals surface area contributed by atoms with E-state index < -0.39 is 15.8 Å². The molecule has 6 heteroatoms. The smallest absolute Gasteiger partial charge is 0.264 e. The van der Waals surface area contributed by atoms with Gasteiger partial charge < -0.3 is 5.73 Å². The van der Waals surface area contributed by atoms with E-state index in [-0.39, 0.29) is 16.3 Å². The fraction of sp³-hybridized carbons (Fsp3) is 0.200. The number of hydrogen-bond donors (Lipinski definition) is 2. The van der Waals surface area contributed by atoms with E-state index in [0.717, 1.165) is 11.1 Å². The Hall–Kier alpha value is -2.08. The molecule has 0 heterocycles. The molecule has 0 spiro atoms. The average Bonchev–Trinajstić information content (AvgIpc) is 2.38. The molecule has 2 aromatic rings. The molecule has 0 saturated heterocycles. The van der Waals surface area contributed by atoms with Crippen LogP contribution in [-0.2, 0) is 10.0 Å². The Bertz CT molecular complexity index is 802. The fourth-order valence-corrected chi connectivity index (χ4v) is 3.57. The zero-order chi connectivity index (χ0) is 15.8. The summed E-state index contributed by atoms with van der Waals surface area (Å²) in [7, 11) is -3.95. The van der Waals surface area contributed by atoms with E-state index in [9.17, 15) is 12.8 Å². The van der Waals surface area contributed by atoms with E-state index in [1.807, 2.05) is 0 Å². The zero-order valence-electron chi connectivity index (χ0n) is 12.1. The molecule has 0 aliphatic rings. The van der Waals surface area contributed by atoms with Crippen molar-refractivity contribution in [2.45, 2.75) is 25.7 Å². The van der Waals surface area contributed by atoms with Gasteiger partial charge in [0.1, 0.15) is 10.7 Å². The largest absolute Gasteiger partial charge is 0.398 e. The molecular formula is C15H17FN2O2S. The first kappa shape index (κ1) is 15.3. The molecule has 3 N–H and O–H groups in total. The quantitative estimate of drug-likeness (QED) is 0.856. The molecule has 4 nitrogen and oxygen atoms in total. The molecule has 0 radical (unpaired) electrons. The van der Waals surface area contributed by atoms with Crippen molar-refractivity contribution < 1.29 is 12.8 Å². The standard InChI is InChI=1S/C15H17FN2O2S/c1-9-4-6-12(16)14(8-9)18-21(19,20)15-11(3)10(2)5-7-13(15)17/h4-8,18H,17H2,1-3H3. The number of halogens is 1. The van der Waals surface area contributed by atoms with Gasteiger partial charge in [0, 0.05) is 0 Å². The molecule has 0 fully saturated rings. The van der Waals surface area contributed by atoms with Gasteiger partial charge >= 0.3 is 0 Å². The van der Waals surface area contributed by atoms with E-state index >= 15 is 0 Å². The number of hydrogen-bond acceptors (Lipinski definition) is 3. The number of sulfonamides is 1. The fourth-order valence-electron chi connectivity index (χ4n) is 2.08. The summed E-state index contributed by atoms with van der Waals surface area (Å²) in [6.45, 7) is 5.22. The highest BCUT2D eigenvalue weighted by atomic mass is 32.2. The third-order valence-electron chi connectivity index (χ3n) is 3.34. The van der Waals surface area contributed by atoms with Gasteiger partial charge in [0.05, 0.1) is 11.4 Å². The second-order valence-corrected chi connectivity index (χ2v) is 6.63. The first-order chi connectivity index (χ1) is 9.72. The highest BCUT2D eigenvalue weighted by molar-refractivity contribution is 7.93. The molecule has 0 aromatic heterocycles. The van der Waals surface area contributed by atoms with Gasteiger partial charge in [-0.3, -0.25) is 4.72 Å². The number of aryl methyl sites for hydroxylation is 2. The lowest BCUT2D eigenvalue weighted by atomic mass is 10.1. The predicted molar refractivity (Wildman–Crippen MR) is 82.3 cm³/mol. The van der Waals surface area contributed by atoms with E-state index in [2.05, 4.69) is 4.72 Å². The number of nitrogen functional groups attached to an aromatic ring is 1. The van der Waals surface area contributed by atoms with Crippen LogP contribution in [0.4, 0.5) is 15.8 Å². The summed E-state index contributed by atoms with van der Waals surface area (Å²) in [6, 6.07) is 7.51. The molecule has 0 saturated carbocycles. The Morgan fingerprint density at radius 2 is 1.76 bits per heavy atom. The SMILES string of the molecule is Cc1ccc(F)c(NS(=O)(=O)c2c(N)ccc(C)c2C)c1. The van der Waals surface area contributed by atoms with Crippen LogP contribution in [0.3, 0.4) is 0 Å². The highest BCUT2D eigenvalue weighted by Gasteiger charge is 2.22. The molecular weight excluding hydrogens is 291 g/mol. The normalized spacial score (nSPS) is 11.4. The average molecular weight is 308 g/mol. The van der Waals surface area contributed by atoms with Crippen LogP contribution in [0, 0.1) is 26.6 Å². The molecule has 2 aromatic carbocycles. The van der Waals surface area contributed by atoms with Crippen LogP contribution in [0.5, 0.6) is 0 Å². The minimum Gasteiger partial charge on any atom is -0.398 e. The first-order valence-corrected chi connectivity index (χ1v) is 7.85. The van der Waals surface area contributed by atoms with E-state index in [1.54, 1.807) is 32.9 Å². The Morgan fingerprint density at radius 3 is 2.43 bits per heavy atom. The van der Waals surface area contributed by atoms with E-state index in [0.29, 0.717) is 5.56 Å². The van der Waals surface area contributed by atoms with Crippen molar-refractivity contribution in [3.8, 4) is 0 Å². The number of nitrogens with one attached hydrogen (secondary N) is 1. The van der Waals surface area contributed by atoms with Gasteiger partial charge in [-0.2, -0.15) is 0 Å². The maximum Gasteiger partial charge on any atom is 0.264 e. The van der Waals surface area contributed by atoms with Crippen LogP contribution >= 0.6 is 0 Å². The molecule has 0 unspecified atom stereocenters. The molecule has 0 bridgehead atoms. The van der Waals surface area contributed by atoms with Crippen LogP contribution in [-0.4, -0.2) is 8.42 Å². The van der Waals surface area contributed by atoms with E-state index in [1.165, 1.54) is 18.2 Å². The number of benzene rings is 2.